The first-order valence-corrected chi connectivity index (χ1v) is 7.76. The number of thiazole rings is 1. The second-order valence-corrected chi connectivity index (χ2v) is 6.75. The minimum Gasteiger partial charge on any atom is -0.298 e. The number of nitriles is 1. The molecule has 0 amide bonds. The lowest BCUT2D eigenvalue weighted by atomic mass is 10.0. The highest BCUT2D eigenvalue weighted by molar-refractivity contribution is 7.16. The molecule has 0 radical (unpaired) electrons. The number of rotatable bonds is 5. The summed E-state index contributed by atoms with van der Waals surface area (Å²) in [6.45, 7) is 1.85. The van der Waals surface area contributed by atoms with E-state index in [-0.39, 0.29) is 5.78 Å². The van der Waals surface area contributed by atoms with Crippen molar-refractivity contribution in [1.82, 2.24) is 4.98 Å². The van der Waals surface area contributed by atoms with E-state index in [1.807, 2.05) is 30.5 Å². The summed E-state index contributed by atoms with van der Waals surface area (Å²) in [7, 11) is 0. The van der Waals surface area contributed by atoms with Crippen molar-refractivity contribution < 1.29 is 4.79 Å². The summed E-state index contributed by atoms with van der Waals surface area (Å²) >= 11 is 8.67. The Labute approximate surface area is 124 Å². The Morgan fingerprint density at radius 2 is 2.37 bits per heavy atom. The monoisotopic (exact) mass is 310 g/mol. The highest BCUT2D eigenvalue weighted by Gasteiger charge is 2.22. The molecule has 6 heteroatoms. The summed E-state index contributed by atoms with van der Waals surface area (Å²) in [4.78, 5) is 17.4. The number of ketones is 1. The molecule has 1 unspecified atom stereocenters. The highest BCUT2D eigenvalue weighted by Crippen LogP contribution is 2.25. The first-order valence-electron chi connectivity index (χ1n) is 5.68. The van der Waals surface area contributed by atoms with E-state index in [1.165, 1.54) is 22.7 Å². The second-order valence-electron chi connectivity index (χ2n) is 4.06. The molecule has 0 aliphatic heterocycles. The van der Waals surface area contributed by atoms with Gasteiger partial charge in [0.2, 0.25) is 0 Å². The summed E-state index contributed by atoms with van der Waals surface area (Å²) < 4.78 is 0.717. The smallest absolute Gasteiger partial charge is 0.157 e. The van der Waals surface area contributed by atoms with Gasteiger partial charge in [-0.1, -0.05) is 11.6 Å². The minimum absolute atomic E-state index is 0.0821. The van der Waals surface area contributed by atoms with E-state index >= 15 is 0 Å². The Balaban J connectivity index is 2.00. The zero-order valence-corrected chi connectivity index (χ0v) is 12.6. The topological polar surface area (TPSA) is 53.8 Å². The fraction of sp³-hybridized carbons (Fsp3) is 0.308. The van der Waals surface area contributed by atoms with E-state index in [4.69, 9.17) is 16.9 Å². The average molecular weight is 311 g/mol. The molecule has 1 atom stereocenters. The van der Waals surface area contributed by atoms with Crippen molar-refractivity contribution in [3.8, 4) is 6.07 Å². The fourth-order valence-electron chi connectivity index (χ4n) is 1.65. The Morgan fingerprint density at radius 3 is 2.89 bits per heavy atom. The molecule has 2 aromatic rings. The fourth-order valence-corrected chi connectivity index (χ4v) is 3.59. The van der Waals surface area contributed by atoms with Gasteiger partial charge in [0.15, 0.2) is 11.7 Å². The number of hydrogen-bond acceptors (Lipinski definition) is 5. The van der Waals surface area contributed by atoms with Crippen molar-refractivity contribution in [2.75, 3.05) is 0 Å². The number of carbonyl (C=O) groups excluding carboxylic acids is 1. The number of carbonyl (C=O) groups is 1. The van der Waals surface area contributed by atoms with Gasteiger partial charge in [0.25, 0.3) is 0 Å². The number of hydrogen-bond donors (Lipinski definition) is 0. The van der Waals surface area contributed by atoms with Crippen LogP contribution in [0.1, 0.15) is 27.9 Å². The molecule has 0 bridgehead atoms. The van der Waals surface area contributed by atoms with Gasteiger partial charge in [0, 0.05) is 22.4 Å². The number of nitrogens with zero attached hydrogens (tertiary/aromatic N) is 2. The Morgan fingerprint density at radius 1 is 1.58 bits per heavy atom. The Hall–Kier alpha value is -1.22. The van der Waals surface area contributed by atoms with Gasteiger partial charge in [-0.15, -0.1) is 22.7 Å². The molecule has 0 saturated carbocycles. The largest absolute Gasteiger partial charge is 0.298 e. The molecule has 0 N–H and O–H groups in total. The molecule has 0 saturated heterocycles. The van der Waals surface area contributed by atoms with Crippen molar-refractivity contribution in [1.29, 1.82) is 5.26 Å². The predicted octanol–water partition coefficient (Wildman–Crippen LogP) is 3.98. The van der Waals surface area contributed by atoms with Crippen LogP contribution >= 0.6 is 34.3 Å². The van der Waals surface area contributed by atoms with E-state index in [0.29, 0.717) is 17.8 Å². The molecule has 3 nitrogen and oxygen atoms in total. The first kappa shape index (κ1) is 14.2. The van der Waals surface area contributed by atoms with Crippen molar-refractivity contribution in [2.24, 2.45) is 0 Å². The maximum absolute atomic E-state index is 12.1. The molecule has 0 aromatic carbocycles. The molecule has 19 heavy (non-hydrogen) atoms. The van der Waals surface area contributed by atoms with Crippen LogP contribution in [0.4, 0.5) is 0 Å². The summed E-state index contributed by atoms with van der Waals surface area (Å²) in [5, 5.41) is 11.6. The summed E-state index contributed by atoms with van der Waals surface area (Å²) in [5.41, 5.74) is 0.845. The minimum atomic E-state index is -0.742. The molecular formula is C13H11ClN2OS2. The van der Waals surface area contributed by atoms with Gasteiger partial charge < -0.3 is 0 Å². The summed E-state index contributed by atoms with van der Waals surface area (Å²) in [6.07, 6.45) is 0.965. The van der Waals surface area contributed by atoms with Crippen molar-refractivity contribution in [3.63, 3.8) is 0 Å². The number of Topliss-reactive ketones (excluding diaryl/α,β-unsaturated/α-hetero) is 1. The van der Waals surface area contributed by atoms with E-state index in [1.54, 1.807) is 0 Å². The van der Waals surface area contributed by atoms with Crippen molar-refractivity contribution >= 4 is 40.1 Å². The van der Waals surface area contributed by atoms with Crippen LogP contribution in [0.5, 0.6) is 0 Å². The molecule has 0 aliphatic rings. The number of aryl methyl sites for hydroxylation is 2. The van der Waals surface area contributed by atoms with Crippen LogP contribution in [0.15, 0.2) is 17.5 Å². The van der Waals surface area contributed by atoms with Gasteiger partial charge in [-0.3, -0.25) is 4.79 Å². The normalized spacial score (nSPS) is 12.1. The molecule has 2 heterocycles. The zero-order valence-electron chi connectivity index (χ0n) is 10.2. The maximum atomic E-state index is 12.1. The third kappa shape index (κ3) is 3.63. The molecule has 98 valence electrons. The van der Waals surface area contributed by atoms with Crippen molar-refractivity contribution in [3.05, 3.63) is 37.4 Å². The van der Waals surface area contributed by atoms with E-state index in [2.05, 4.69) is 4.98 Å². The van der Waals surface area contributed by atoms with Crippen LogP contribution in [-0.2, 0) is 11.2 Å². The van der Waals surface area contributed by atoms with Gasteiger partial charge in [0.05, 0.1) is 10.4 Å². The molecule has 0 aliphatic carbocycles. The summed E-state index contributed by atoms with van der Waals surface area (Å²) in [5.74, 6) is -0.824. The number of halogens is 1. The van der Waals surface area contributed by atoms with Gasteiger partial charge in [-0.2, -0.15) is 5.26 Å². The predicted molar refractivity (Wildman–Crippen MR) is 77.9 cm³/mol. The maximum Gasteiger partial charge on any atom is 0.157 e. The lowest BCUT2D eigenvalue weighted by Crippen LogP contribution is -2.11. The van der Waals surface area contributed by atoms with Crippen LogP contribution in [0.2, 0.25) is 4.34 Å². The lowest BCUT2D eigenvalue weighted by Gasteiger charge is -2.04. The molecule has 2 aromatic heterocycles. The molecular weight excluding hydrogens is 300 g/mol. The van der Waals surface area contributed by atoms with Crippen LogP contribution in [0, 0.1) is 18.3 Å². The van der Waals surface area contributed by atoms with Gasteiger partial charge in [0.1, 0.15) is 5.01 Å². The van der Waals surface area contributed by atoms with Gasteiger partial charge in [-0.05, 0) is 25.5 Å². The number of aromatic nitrogens is 1. The van der Waals surface area contributed by atoms with Crippen LogP contribution < -0.4 is 0 Å². The second kappa shape index (κ2) is 6.29. The third-order valence-electron chi connectivity index (χ3n) is 2.58. The van der Waals surface area contributed by atoms with Crippen LogP contribution in [0.3, 0.4) is 0 Å². The van der Waals surface area contributed by atoms with Crippen molar-refractivity contribution in [2.45, 2.75) is 25.7 Å². The SMILES string of the molecule is Cc1csc(C(C#N)C(=O)CCc2ccc(Cl)s2)n1. The average Bonchev–Trinajstić information content (AvgIpc) is 2.97. The Bertz CT molecular complexity index is 627. The van der Waals surface area contributed by atoms with E-state index in [0.717, 1.165) is 14.9 Å². The van der Waals surface area contributed by atoms with Crippen LogP contribution in [-0.4, -0.2) is 10.8 Å². The first-order chi connectivity index (χ1) is 9.10. The summed E-state index contributed by atoms with van der Waals surface area (Å²) in [6, 6.07) is 5.78. The highest BCUT2D eigenvalue weighted by atomic mass is 35.5. The molecule has 0 spiro atoms. The lowest BCUT2D eigenvalue weighted by molar-refractivity contribution is -0.119. The number of thiophene rings is 1. The van der Waals surface area contributed by atoms with Gasteiger partial charge >= 0.3 is 0 Å². The zero-order chi connectivity index (χ0) is 13.8. The standard InChI is InChI=1S/C13H11ClN2OS2/c1-8-7-18-13(16-8)10(6-15)11(17)4-2-9-3-5-12(14)19-9/h3,5,7,10H,2,4H2,1H3. The Kier molecular flexibility index (Phi) is 4.70. The molecule has 2 rings (SSSR count). The quantitative estimate of drug-likeness (QED) is 0.839. The molecule has 0 fully saturated rings. The third-order valence-corrected chi connectivity index (χ3v) is 4.90. The van der Waals surface area contributed by atoms with Gasteiger partial charge in [-0.25, -0.2) is 4.98 Å². The van der Waals surface area contributed by atoms with Crippen LogP contribution in [0.25, 0.3) is 0 Å². The van der Waals surface area contributed by atoms with E-state index in [9.17, 15) is 4.79 Å². The van der Waals surface area contributed by atoms with E-state index < -0.39 is 5.92 Å².